The van der Waals surface area contributed by atoms with Crippen LogP contribution in [-0.2, 0) is 6.54 Å². The predicted octanol–water partition coefficient (Wildman–Crippen LogP) is 2.37. The van der Waals surface area contributed by atoms with Crippen molar-refractivity contribution in [1.82, 2.24) is 4.90 Å². The summed E-state index contributed by atoms with van der Waals surface area (Å²) in [5.41, 5.74) is 6.72. The van der Waals surface area contributed by atoms with Gasteiger partial charge >= 0.3 is 0 Å². The van der Waals surface area contributed by atoms with Crippen molar-refractivity contribution in [2.45, 2.75) is 32.4 Å². The van der Waals surface area contributed by atoms with Gasteiger partial charge in [-0.05, 0) is 44.9 Å². The maximum atomic E-state index is 14.0. The second kappa shape index (κ2) is 6.18. The highest BCUT2D eigenvalue weighted by Gasteiger charge is 2.30. The van der Waals surface area contributed by atoms with Gasteiger partial charge in [-0.15, -0.1) is 0 Å². The molecule has 0 aromatic heterocycles. The highest BCUT2D eigenvalue weighted by molar-refractivity contribution is 5.37. The Morgan fingerprint density at radius 2 is 2.21 bits per heavy atom. The van der Waals surface area contributed by atoms with Crippen LogP contribution >= 0.6 is 0 Å². The second-order valence-corrected chi connectivity index (χ2v) is 5.31. The lowest BCUT2D eigenvalue weighted by Gasteiger charge is -2.24. The van der Waals surface area contributed by atoms with Gasteiger partial charge in [-0.3, -0.25) is 4.90 Å². The average Bonchev–Trinajstić information content (AvgIpc) is 3.22. The Bertz CT molecular complexity index is 497. The Hall–Kier alpha value is -1.37. The molecular weight excluding hydrogens is 239 g/mol. The number of nitrogens with zero attached hydrogens (tertiary/aromatic N) is 1. The molecule has 1 atom stereocenters. The van der Waals surface area contributed by atoms with E-state index in [0.717, 1.165) is 11.5 Å². The van der Waals surface area contributed by atoms with Gasteiger partial charge in [0.25, 0.3) is 0 Å². The van der Waals surface area contributed by atoms with Crippen molar-refractivity contribution in [1.29, 1.82) is 0 Å². The minimum Gasteiger partial charge on any atom is -0.320 e. The molecule has 2 N–H and O–H groups in total. The van der Waals surface area contributed by atoms with E-state index in [-0.39, 0.29) is 5.82 Å². The molecule has 1 aliphatic carbocycles. The number of halogens is 1. The van der Waals surface area contributed by atoms with E-state index in [0.29, 0.717) is 24.7 Å². The van der Waals surface area contributed by atoms with Crippen LogP contribution in [0, 0.1) is 23.6 Å². The van der Waals surface area contributed by atoms with Crippen LogP contribution in [0.1, 0.15) is 30.9 Å². The molecule has 1 fully saturated rings. The quantitative estimate of drug-likeness (QED) is 0.842. The maximum Gasteiger partial charge on any atom is 0.128 e. The molecule has 1 saturated carbocycles. The van der Waals surface area contributed by atoms with Crippen LogP contribution in [0.25, 0.3) is 0 Å². The first-order chi connectivity index (χ1) is 9.11. The van der Waals surface area contributed by atoms with Crippen LogP contribution in [0.15, 0.2) is 18.2 Å². The van der Waals surface area contributed by atoms with Gasteiger partial charge in [0.05, 0.1) is 6.54 Å². The normalized spacial score (nSPS) is 16.1. The molecule has 0 aliphatic heterocycles. The van der Waals surface area contributed by atoms with Crippen molar-refractivity contribution in [3.63, 3.8) is 0 Å². The van der Waals surface area contributed by atoms with Gasteiger partial charge in [0.15, 0.2) is 0 Å². The molecule has 3 heteroatoms. The number of benzene rings is 1. The van der Waals surface area contributed by atoms with Gasteiger partial charge in [0, 0.05) is 23.7 Å². The number of rotatable bonds is 4. The average molecular weight is 260 g/mol. The zero-order valence-corrected chi connectivity index (χ0v) is 11.6. The minimum absolute atomic E-state index is 0.182. The molecule has 0 bridgehead atoms. The molecule has 2 nitrogen and oxygen atoms in total. The Kier molecular flexibility index (Phi) is 4.57. The first kappa shape index (κ1) is 14.0. The van der Waals surface area contributed by atoms with Crippen molar-refractivity contribution >= 4 is 0 Å². The van der Waals surface area contributed by atoms with E-state index in [1.807, 2.05) is 12.1 Å². The SMILES string of the molecule is CC(C1CC1)N(C)Cc1ccc(C#CCN)cc1F. The molecule has 0 spiro atoms. The van der Waals surface area contributed by atoms with Crippen molar-refractivity contribution in [3.05, 3.63) is 35.1 Å². The molecule has 1 aromatic rings. The van der Waals surface area contributed by atoms with E-state index in [1.54, 1.807) is 0 Å². The van der Waals surface area contributed by atoms with E-state index in [2.05, 4.69) is 30.7 Å². The van der Waals surface area contributed by atoms with Crippen molar-refractivity contribution < 1.29 is 4.39 Å². The van der Waals surface area contributed by atoms with Crippen molar-refractivity contribution in [2.24, 2.45) is 11.7 Å². The van der Waals surface area contributed by atoms with E-state index in [4.69, 9.17) is 5.73 Å². The van der Waals surface area contributed by atoms with E-state index in [9.17, 15) is 4.39 Å². The highest BCUT2D eigenvalue weighted by atomic mass is 19.1. The van der Waals surface area contributed by atoms with Gasteiger partial charge < -0.3 is 5.73 Å². The molecule has 1 aliphatic rings. The Morgan fingerprint density at radius 1 is 1.47 bits per heavy atom. The summed E-state index contributed by atoms with van der Waals surface area (Å²) < 4.78 is 14.0. The number of hydrogen-bond acceptors (Lipinski definition) is 2. The first-order valence-corrected chi connectivity index (χ1v) is 6.79. The third-order valence-electron chi connectivity index (χ3n) is 3.81. The van der Waals surface area contributed by atoms with Crippen LogP contribution in [0.2, 0.25) is 0 Å². The van der Waals surface area contributed by atoms with Crippen LogP contribution in [0.5, 0.6) is 0 Å². The summed E-state index contributed by atoms with van der Waals surface area (Å²) in [5, 5.41) is 0. The molecular formula is C16H21FN2. The molecule has 0 heterocycles. The third-order valence-corrected chi connectivity index (χ3v) is 3.81. The third kappa shape index (κ3) is 3.79. The molecule has 0 saturated heterocycles. The molecule has 1 unspecified atom stereocenters. The lowest BCUT2D eigenvalue weighted by Crippen LogP contribution is -2.30. The molecule has 0 amide bonds. The van der Waals surface area contributed by atoms with E-state index >= 15 is 0 Å². The largest absolute Gasteiger partial charge is 0.320 e. The summed E-state index contributed by atoms with van der Waals surface area (Å²) in [6.45, 7) is 3.16. The Balaban J connectivity index is 2.03. The summed E-state index contributed by atoms with van der Waals surface area (Å²) >= 11 is 0. The summed E-state index contributed by atoms with van der Waals surface area (Å²) in [4.78, 5) is 2.22. The molecule has 2 rings (SSSR count). The second-order valence-electron chi connectivity index (χ2n) is 5.31. The lowest BCUT2D eigenvalue weighted by atomic mass is 10.1. The summed E-state index contributed by atoms with van der Waals surface area (Å²) in [6.07, 6.45) is 2.61. The predicted molar refractivity (Wildman–Crippen MR) is 76.0 cm³/mol. The number of nitrogens with two attached hydrogens (primary N) is 1. The van der Waals surface area contributed by atoms with Crippen LogP contribution in [0.3, 0.4) is 0 Å². The fourth-order valence-electron chi connectivity index (χ4n) is 2.26. The number of hydrogen-bond donors (Lipinski definition) is 1. The highest BCUT2D eigenvalue weighted by Crippen LogP contribution is 2.35. The lowest BCUT2D eigenvalue weighted by molar-refractivity contribution is 0.224. The molecule has 0 radical (unpaired) electrons. The van der Waals surface area contributed by atoms with Crippen molar-refractivity contribution in [2.75, 3.05) is 13.6 Å². The smallest absolute Gasteiger partial charge is 0.128 e. The zero-order valence-electron chi connectivity index (χ0n) is 11.6. The van der Waals surface area contributed by atoms with E-state index in [1.165, 1.54) is 18.9 Å². The summed E-state index contributed by atoms with van der Waals surface area (Å²) in [7, 11) is 2.06. The fourth-order valence-corrected chi connectivity index (χ4v) is 2.26. The van der Waals surface area contributed by atoms with Gasteiger partial charge in [-0.1, -0.05) is 17.9 Å². The van der Waals surface area contributed by atoms with E-state index < -0.39 is 0 Å². The topological polar surface area (TPSA) is 29.3 Å². The molecule has 19 heavy (non-hydrogen) atoms. The standard InChI is InChI=1S/C16H21FN2/c1-12(14-7-8-14)19(2)11-15-6-5-13(4-3-9-18)10-16(15)17/h5-6,10,12,14H,7-9,11,18H2,1-2H3. The van der Waals surface area contributed by atoms with Gasteiger partial charge in [0.2, 0.25) is 0 Å². The van der Waals surface area contributed by atoms with Crippen molar-refractivity contribution in [3.8, 4) is 11.8 Å². The monoisotopic (exact) mass is 260 g/mol. The zero-order chi connectivity index (χ0) is 13.8. The Morgan fingerprint density at radius 3 is 2.79 bits per heavy atom. The van der Waals surface area contributed by atoms with Gasteiger partial charge in [-0.25, -0.2) is 4.39 Å². The van der Waals surface area contributed by atoms with Crippen LogP contribution < -0.4 is 5.73 Å². The van der Waals surface area contributed by atoms with Crippen LogP contribution in [0.4, 0.5) is 4.39 Å². The Labute approximate surface area is 114 Å². The molecule has 102 valence electrons. The fraction of sp³-hybridized carbons (Fsp3) is 0.500. The summed E-state index contributed by atoms with van der Waals surface area (Å²) in [5.74, 6) is 6.19. The van der Waals surface area contributed by atoms with Gasteiger partial charge in [-0.2, -0.15) is 0 Å². The van der Waals surface area contributed by atoms with Gasteiger partial charge in [0.1, 0.15) is 5.82 Å². The maximum absolute atomic E-state index is 14.0. The molecule has 1 aromatic carbocycles. The first-order valence-electron chi connectivity index (χ1n) is 6.79. The summed E-state index contributed by atoms with van der Waals surface area (Å²) in [6, 6.07) is 5.70. The minimum atomic E-state index is -0.182. The van der Waals surface area contributed by atoms with Crippen LogP contribution in [-0.4, -0.2) is 24.5 Å².